The third-order valence-corrected chi connectivity index (χ3v) is 4.07. The maximum Gasteiger partial charge on any atom is 0.128 e. The van der Waals surface area contributed by atoms with Gasteiger partial charge in [0.15, 0.2) is 0 Å². The van der Waals surface area contributed by atoms with Crippen LogP contribution in [-0.2, 0) is 9.47 Å². The minimum atomic E-state index is -0.158. The van der Waals surface area contributed by atoms with Crippen molar-refractivity contribution in [2.24, 2.45) is 0 Å². The molecule has 1 saturated heterocycles. The summed E-state index contributed by atoms with van der Waals surface area (Å²) in [7, 11) is 3.41. The normalized spacial score (nSPS) is 24.4. The Labute approximate surface area is 126 Å². The van der Waals surface area contributed by atoms with Crippen molar-refractivity contribution in [2.45, 2.75) is 25.2 Å². The van der Waals surface area contributed by atoms with Crippen molar-refractivity contribution < 1.29 is 13.9 Å². The molecule has 1 aliphatic rings. The fourth-order valence-electron chi connectivity index (χ4n) is 2.96. The Morgan fingerprint density at radius 3 is 2.38 bits per heavy atom. The molecule has 118 valence electrons. The van der Waals surface area contributed by atoms with E-state index in [-0.39, 0.29) is 24.1 Å². The number of nitrogens with zero attached hydrogens (tertiary/aromatic N) is 1. The van der Waals surface area contributed by atoms with E-state index in [4.69, 9.17) is 9.47 Å². The lowest BCUT2D eigenvalue weighted by Gasteiger charge is -2.25. The second-order valence-electron chi connectivity index (χ2n) is 5.40. The zero-order valence-electron chi connectivity index (χ0n) is 13.0. The molecule has 3 unspecified atom stereocenters. The van der Waals surface area contributed by atoms with Gasteiger partial charge in [0.1, 0.15) is 5.82 Å². The average Bonchev–Trinajstić information content (AvgIpc) is 2.89. The molecule has 1 aromatic carbocycles. The van der Waals surface area contributed by atoms with E-state index in [2.05, 4.69) is 10.2 Å². The van der Waals surface area contributed by atoms with Crippen molar-refractivity contribution in [3.8, 4) is 0 Å². The lowest BCUT2D eigenvalue weighted by atomic mass is 10.1. The number of methoxy groups -OCH3 is 2. The zero-order chi connectivity index (χ0) is 15.2. The molecule has 0 aromatic heterocycles. The van der Waals surface area contributed by atoms with E-state index in [1.54, 1.807) is 20.3 Å². The smallest absolute Gasteiger partial charge is 0.128 e. The van der Waals surface area contributed by atoms with Crippen LogP contribution in [0.3, 0.4) is 0 Å². The van der Waals surface area contributed by atoms with Crippen LogP contribution in [0.5, 0.6) is 0 Å². The summed E-state index contributed by atoms with van der Waals surface area (Å²) >= 11 is 0. The Balaban J connectivity index is 2.06. The third kappa shape index (κ3) is 4.01. The van der Waals surface area contributed by atoms with Crippen LogP contribution >= 0.6 is 0 Å². The average molecular weight is 296 g/mol. The fourth-order valence-corrected chi connectivity index (χ4v) is 2.96. The van der Waals surface area contributed by atoms with Crippen LogP contribution in [0.1, 0.15) is 18.5 Å². The van der Waals surface area contributed by atoms with Crippen LogP contribution in [0.4, 0.5) is 4.39 Å². The molecule has 0 amide bonds. The highest BCUT2D eigenvalue weighted by Crippen LogP contribution is 2.22. The summed E-state index contributed by atoms with van der Waals surface area (Å²) in [5, 5.41) is 3.37. The lowest BCUT2D eigenvalue weighted by molar-refractivity contribution is -0.00461. The second kappa shape index (κ2) is 7.84. The van der Waals surface area contributed by atoms with E-state index in [9.17, 15) is 4.39 Å². The Morgan fingerprint density at radius 2 is 1.86 bits per heavy atom. The number of hydrogen-bond donors (Lipinski definition) is 1. The molecule has 1 fully saturated rings. The highest BCUT2D eigenvalue weighted by atomic mass is 19.1. The summed E-state index contributed by atoms with van der Waals surface area (Å²) in [5.74, 6) is -0.158. The lowest BCUT2D eigenvalue weighted by Crippen LogP contribution is -2.35. The summed E-state index contributed by atoms with van der Waals surface area (Å²) in [6, 6.07) is 6.94. The molecule has 3 atom stereocenters. The van der Waals surface area contributed by atoms with Gasteiger partial charge in [-0.1, -0.05) is 25.1 Å². The minimum absolute atomic E-state index is 0.0238. The van der Waals surface area contributed by atoms with Crippen LogP contribution in [0.15, 0.2) is 24.3 Å². The fraction of sp³-hybridized carbons (Fsp3) is 0.625. The Kier molecular flexibility index (Phi) is 6.11. The molecule has 0 spiro atoms. The molecular formula is C16H25FN2O2. The van der Waals surface area contributed by atoms with Gasteiger partial charge in [-0.25, -0.2) is 4.39 Å². The third-order valence-electron chi connectivity index (χ3n) is 4.07. The van der Waals surface area contributed by atoms with Gasteiger partial charge in [-0.05, 0) is 12.6 Å². The molecule has 0 aliphatic carbocycles. The number of halogens is 1. The van der Waals surface area contributed by atoms with Crippen molar-refractivity contribution in [1.82, 2.24) is 10.2 Å². The number of nitrogens with one attached hydrogen (secondary N) is 1. The summed E-state index contributed by atoms with van der Waals surface area (Å²) in [6.07, 6.45) is 0.163. The van der Waals surface area contributed by atoms with Crippen LogP contribution in [0, 0.1) is 5.82 Å². The maximum absolute atomic E-state index is 14.0. The van der Waals surface area contributed by atoms with Gasteiger partial charge in [0.25, 0.3) is 0 Å². The first-order chi connectivity index (χ1) is 10.2. The molecule has 21 heavy (non-hydrogen) atoms. The number of ether oxygens (including phenoxy) is 2. The van der Waals surface area contributed by atoms with Crippen LogP contribution in [0.2, 0.25) is 0 Å². The SMILES string of the molecule is CCNC(CN1CC(OC)C(OC)C1)c1ccccc1F. The molecule has 2 rings (SSSR count). The van der Waals surface area contributed by atoms with E-state index in [1.807, 2.05) is 19.1 Å². The molecule has 0 radical (unpaired) electrons. The Morgan fingerprint density at radius 1 is 1.24 bits per heavy atom. The van der Waals surface area contributed by atoms with Crippen molar-refractivity contribution in [3.63, 3.8) is 0 Å². The largest absolute Gasteiger partial charge is 0.377 e. The molecule has 1 N–H and O–H groups in total. The predicted molar refractivity (Wildman–Crippen MR) is 80.9 cm³/mol. The van der Waals surface area contributed by atoms with E-state index in [0.717, 1.165) is 26.2 Å². The van der Waals surface area contributed by atoms with E-state index in [1.165, 1.54) is 6.07 Å². The van der Waals surface area contributed by atoms with Gasteiger partial charge in [0.2, 0.25) is 0 Å². The van der Waals surface area contributed by atoms with Gasteiger partial charge in [0.05, 0.1) is 12.2 Å². The van der Waals surface area contributed by atoms with Crippen LogP contribution in [0.25, 0.3) is 0 Å². The maximum atomic E-state index is 14.0. The summed E-state index contributed by atoms with van der Waals surface area (Å²) in [5.41, 5.74) is 0.717. The van der Waals surface area contributed by atoms with Crippen LogP contribution in [-0.4, -0.2) is 57.5 Å². The Hall–Kier alpha value is -1.01. The molecule has 4 nitrogen and oxygen atoms in total. The van der Waals surface area contributed by atoms with Gasteiger partial charge in [-0.15, -0.1) is 0 Å². The summed E-state index contributed by atoms with van der Waals surface area (Å²) in [4.78, 5) is 2.27. The highest BCUT2D eigenvalue weighted by Gasteiger charge is 2.34. The molecule has 0 bridgehead atoms. The number of likely N-dealkylation sites (N-methyl/N-ethyl adjacent to an activating group) is 1. The quantitative estimate of drug-likeness (QED) is 0.832. The number of hydrogen-bond acceptors (Lipinski definition) is 4. The molecule has 1 aromatic rings. The number of rotatable bonds is 7. The first-order valence-electron chi connectivity index (χ1n) is 7.45. The number of benzene rings is 1. The first kappa shape index (κ1) is 16.4. The molecule has 0 saturated carbocycles. The predicted octanol–water partition coefficient (Wildman–Crippen LogP) is 1.82. The first-order valence-corrected chi connectivity index (χ1v) is 7.45. The molecule has 1 aliphatic heterocycles. The van der Waals surface area contributed by atoms with E-state index in [0.29, 0.717) is 5.56 Å². The molecule has 1 heterocycles. The van der Waals surface area contributed by atoms with Crippen LogP contribution < -0.4 is 5.32 Å². The zero-order valence-corrected chi connectivity index (χ0v) is 13.0. The topological polar surface area (TPSA) is 33.7 Å². The van der Waals surface area contributed by atoms with Crippen molar-refractivity contribution in [1.29, 1.82) is 0 Å². The minimum Gasteiger partial charge on any atom is -0.377 e. The van der Waals surface area contributed by atoms with Gasteiger partial charge >= 0.3 is 0 Å². The second-order valence-corrected chi connectivity index (χ2v) is 5.40. The summed E-state index contributed by atoms with van der Waals surface area (Å²) in [6.45, 7) is 5.20. The van der Waals surface area contributed by atoms with Crippen molar-refractivity contribution >= 4 is 0 Å². The monoisotopic (exact) mass is 296 g/mol. The molecule has 5 heteroatoms. The van der Waals surface area contributed by atoms with Gasteiger partial charge in [-0.2, -0.15) is 0 Å². The number of likely N-dealkylation sites (tertiary alicyclic amines) is 1. The van der Waals surface area contributed by atoms with Gasteiger partial charge < -0.3 is 14.8 Å². The van der Waals surface area contributed by atoms with Crippen molar-refractivity contribution in [2.75, 3.05) is 40.4 Å². The van der Waals surface area contributed by atoms with Gasteiger partial charge in [-0.3, -0.25) is 4.90 Å². The van der Waals surface area contributed by atoms with Gasteiger partial charge in [0, 0.05) is 45.5 Å². The highest BCUT2D eigenvalue weighted by molar-refractivity contribution is 5.21. The Bertz CT molecular complexity index is 432. The van der Waals surface area contributed by atoms with E-state index >= 15 is 0 Å². The molecular weight excluding hydrogens is 271 g/mol. The van der Waals surface area contributed by atoms with Crippen molar-refractivity contribution in [3.05, 3.63) is 35.6 Å². The standard InChI is InChI=1S/C16H25FN2O2/c1-4-18-14(12-7-5-6-8-13(12)17)9-19-10-15(20-2)16(11-19)21-3/h5-8,14-16,18H,4,9-11H2,1-3H3. The summed E-state index contributed by atoms with van der Waals surface area (Å²) < 4.78 is 24.9. The van der Waals surface area contributed by atoms with E-state index < -0.39 is 0 Å².